The summed E-state index contributed by atoms with van der Waals surface area (Å²) in [6.07, 6.45) is 3.10. The normalized spacial score (nSPS) is 10.5. The van der Waals surface area contributed by atoms with Crippen molar-refractivity contribution in [3.63, 3.8) is 0 Å². The highest BCUT2D eigenvalue weighted by Gasteiger charge is 2.12. The number of aryl methyl sites for hydroxylation is 1. The molecule has 9 nitrogen and oxygen atoms in total. The summed E-state index contributed by atoms with van der Waals surface area (Å²) in [5, 5.41) is 17.7. The number of nitrogens with zero attached hydrogens (tertiary/aromatic N) is 4. The van der Waals surface area contributed by atoms with E-state index >= 15 is 0 Å². The predicted molar refractivity (Wildman–Crippen MR) is 114 cm³/mol. The Bertz CT molecular complexity index is 1220. The van der Waals surface area contributed by atoms with Crippen molar-refractivity contribution in [2.75, 3.05) is 5.32 Å². The van der Waals surface area contributed by atoms with Gasteiger partial charge in [0.2, 0.25) is 5.88 Å². The Kier molecular flexibility index (Phi) is 5.39. The van der Waals surface area contributed by atoms with Crippen molar-refractivity contribution < 1.29 is 14.5 Å². The summed E-state index contributed by atoms with van der Waals surface area (Å²) in [7, 11) is 0. The largest absolute Gasteiger partial charge is 0.439 e. The molecule has 0 aliphatic rings. The van der Waals surface area contributed by atoms with Gasteiger partial charge in [0.1, 0.15) is 5.75 Å². The van der Waals surface area contributed by atoms with Crippen LogP contribution in [0.25, 0.3) is 5.69 Å². The van der Waals surface area contributed by atoms with Crippen molar-refractivity contribution in [3.8, 4) is 17.3 Å². The molecule has 154 valence electrons. The van der Waals surface area contributed by atoms with Gasteiger partial charge >= 0.3 is 0 Å². The lowest BCUT2D eigenvalue weighted by atomic mass is 10.2. The molecule has 0 saturated carbocycles. The predicted octanol–water partition coefficient (Wildman–Crippen LogP) is 4.53. The Morgan fingerprint density at radius 3 is 2.42 bits per heavy atom. The molecule has 4 rings (SSSR count). The Morgan fingerprint density at radius 1 is 1.03 bits per heavy atom. The minimum absolute atomic E-state index is 0.0174. The fraction of sp³-hybridized carbons (Fsp3) is 0.0455. The quantitative estimate of drug-likeness (QED) is 0.366. The number of aromatic nitrogens is 3. The molecule has 0 atom stereocenters. The lowest BCUT2D eigenvalue weighted by Gasteiger charge is -2.07. The van der Waals surface area contributed by atoms with Gasteiger partial charge in [-0.15, -0.1) is 0 Å². The van der Waals surface area contributed by atoms with Crippen molar-refractivity contribution in [1.29, 1.82) is 0 Å². The molecule has 0 fully saturated rings. The molecule has 2 aromatic carbocycles. The summed E-state index contributed by atoms with van der Waals surface area (Å²) in [6.45, 7) is 1.99. The third-order valence-corrected chi connectivity index (χ3v) is 4.38. The Balaban J connectivity index is 1.40. The number of nitro benzene ring substituents is 1. The summed E-state index contributed by atoms with van der Waals surface area (Å²) in [5.74, 6) is 0.672. The highest BCUT2D eigenvalue weighted by Crippen LogP contribution is 2.21. The van der Waals surface area contributed by atoms with Gasteiger partial charge in [-0.2, -0.15) is 5.10 Å². The number of rotatable bonds is 6. The minimum Gasteiger partial charge on any atom is -0.439 e. The van der Waals surface area contributed by atoms with Crippen LogP contribution in [-0.4, -0.2) is 25.6 Å². The first-order valence-corrected chi connectivity index (χ1v) is 9.30. The number of non-ortho nitro benzene ring substituents is 1. The molecule has 0 bridgehead atoms. The maximum absolute atomic E-state index is 12.5. The molecule has 0 spiro atoms. The van der Waals surface area contributed by atoms with Gasteiger partial charge in [-0.25, -0.2) is 9.67 Å². The Labute approximate surface area is 177 Å². The zero-order chi connectivity index (χ0) is 21.8. The van der Waals surface area contributed by atoms with Gasteiger partial charge in [0.25, 0.3) is 11.6 Å². The molecule has 2 aromatic heterocycles. The molecule has 1 N–H and O–H groups in total. The van der Waals surface area contributed by atoms with E-state index in [0.29, 0.717) is 23.0 Å². The number of anilines is 1. The van der Waals surface area contributed by atoms with Crippen LogP contribution in [0.2, 0.25) is 0 Å². The molecule has 9 heteroatoms. The van der Waals surface area contributed by atoms with E-state index in [2.05, 4.69) is 15.4 Å². The molecule has 0 aliphatic heterocycles. The molecule has 0 radical (unpaired) electrons. The number of nitrogens with one attached hydrogen (secondary N) is 1. The van der Waals surface area contributed by atoms with E-state index in [-0.39, 0.29) is 11.4 Å². The average Bonchev–Trinajstić information content (AvgIpc) is 3.27. The van der Waals surface area contributed by atoms with E-state index in [0.717, 1.165) is 5.56 Å². The SMILES string of the molecule is Cc1ccc(Oc2ccc(NC(=O)c3ccn(-c4ccc([N+](=O)[O-])cc4)n3)cn2)cc1. The van der Waals surface area contributed by atoms with Crippen molar-refractivity contribution in [2.45, 2.75) is 6.92 Å². The molecular formula is C22H17N5O4. The summed E-state index contributed by atoms with van der Waals surface area (Å²) < 4.78 is 7.14. The zero-order valence-electron chi connectivity index (χ0n) is 16.4. The lowest BCUT2D eigenvalue weighted by molar-refractivity contribution is -0.384. The van der Waals surface area contributed by atoms with E-state index in [1.54, 1.807) is 36.5 Å². The fourth-order valence-electron chi connectivity index (χ4n) is 2.75. The first-order chi connectivity index (χ1) is 15.0. The maximum atomic E-state index is 12.5. The molecule has 4 aromatic rings. The summed E-state index contributed by atoms with van der Waals surface area (Å²) >= 11 is 0. The second-order valence-corrected chi connectivity index (χ2v) is 6.67. The highest BCUT2D eigenvalue weighted by molar-refractivity contribution is 6.02. The average molecular weight is 415 g/mol. The molecule has 1 amide bonds. The van der Waals surface area contributed by atoms with Crippen molar-refractivity contribution in [3.05, 3.63) is 100 Å². The van der Waals surface area contributed by atoms with Crippen LogP contribution < -0.4 is 10.1 Å². The van der Waals surface area contributed by atoms with Crippen LogP contribution in [0.15, 0.2) is 79.1 Å². The number of carbonyl (C=O) groups is 1. The number of carbonyl (C=O) groups excluding carboxylic acids is 1. The molecular weight excluding hydrogens is 398 g/mol. The van der Waals surface area contributed by atoms with Crippen LogP contribution in [0.5, 0.6) is 11.6 Å². The maximum Gasteiger partial charge on any atom is 0.276 e. The first kappa shape index (κ1) is 19.8. The number of benzene rings is 2. The number of pyridine rings is 1. The van der Waals surface area contributed by atoms with Gasteiger partial charge in [-0.3, -0.25) is 14.9 Å². The van der Waals surface area contributed by atoms with E-state index < -0.39 is 10.8 Å². The number of hydrogen-bond acceptors (Lipinski definition) is 6. The van der Waals surface area contributed by atoms with Gasteiger partial charge in [0.05, 0.1) is 22.5 Å². The van der Waals surface area contributed by atoms with Crippen LogP contribution in [0.1, 0.15) is 16.1 Å². The molecule has 0 saturated heterocycles. The van der Waals surface area contributed by atoms with Crippen LogP contribution in [0, 0.1) is 17.0 Å². The van der Waals surface area contributed by atoms with Crippen LogP contribution >= 0.6 is 0 Å². The van der Waals surface area contributed by atoms with E-state index in [1.165, 1.54) is 23.0 Å². The lowest BCUT2D eigenvalue weighted by Crippen LogP contribution is -2.13. The van der Waals surface area contributed by atoms with Gasteiger partial charge < -0.3 is 10.1 Å². The minimum atomic E-state index is -0.475. The summed E-state index contributed by atoms with van der Waals surface area (Å²) in [6, 6.07) is 18.4. The third kappa shape index (κ3) is 4.73. The van der Waals surface area contributed by atoms with Gasteiger partial charge in [-0.05, 0) is 43.3 Å². The highest BCUT2D eigenvalue weighted by atomic mass is 16.6. The Morgan fingerprint density at radius 2 is 1.77 bits per heavy atom. The van der Waals surface area contributed by atoms with Crippen LogP contribution in [-0.2, 0) is 0 Å². The molecule has 2 heterocycles. The van der Waals surface area contributed by atoms with Crippen LogP contribution in [0.4, 0.5) is 11.4 Å². The summed E-state index contributed by atoms with van der Waals surface area (Å²) in [5.41, 5.74) is 2.40. The molecule has 0 aliphatic carbocycles. The number of hydrogen-bond donors (Lipinski definition) is 1. The molecule has 31 heavy (non-hydrogen) atoms. The van der Waals surface area contributed by atoms with Crippen molar-refractivity contribution in [1.82, 2.24) is 14.8 Å². The number of nitro groups is 1. The fourth-order valence-corrected chi connectivity index (χ4v) is 2.75. The monoisotopic (exact) mass is 415 g/mol. The van der Waals surface area contributed by atoms with Gasteiger partial charge in [0, 0.05) is 24.4 Å². The van der Waals surface area contributed by atoms with Gasteiger partial charge in [0.15, 0.2) is 5.69 Å². The van der Waals surface area contributed by atoms with E-state index in [4.69, 9.17) is 4.74 Å². The second-order valence-electron chi connectivity index (χ2n) is 6.67. The Hall–Kier alpha value is -4.53. The van der Waals surface area contributed by atoms with Gasteiger partial charge in [-0.1, -0.05) is 17.7 Å². The number of ether oxygens (including phenoxy) is 1. The topological polar surface area (TPSA) is 112 Å². The van der Waals surface area contributed by atoms with Crippen molar-refractivity contribution in [2.24, 2.45) is 0 Å². The third-order valence-electron chi connectivity index (χ3n) is 4.38. The summed E-state index contributed by atoms with van der Waals surface area (Å²) in [4.78, 5) is 27.0. The van der Waals surface area contributed by atoms with E-state index in [1.807, 2.05) is 31.2 Å². The van der Waals surface area contributed by atoms with Crippen molar-refractivity contribution >= 4 is 17.3 Å². The van der Waals surface area contributed by atoms with Crippen LogP contribution in [0.3, 0.4) is 0 Å². The standard InChI is InChI=1S/C22H17N5O4/c1-15-2-9-19(10-3-15)31-21-11-4-16(14-23-21)24-22(28)20-12-13-26(25-20)17-5-7-18(8-6-17)27(29)30/h2-14H,1H3,(H,24,28). The zero-order valence-corrected chi connectivity index (χ0v) is 16.4. The molecule has 0 unspecified atom stereocenters. The first-order valence-electron chi connectivity index (χ1n) is 9.30. The van der Waals surface area contributed by atoms with E-state index in [9.17, 15) is 14.9 Å². The smallest absolute Gasteiger partial charge is 0.276 e. The second kappa shape index (κ2) is 8.46. The number of amides is 1.